The zero-order chi connectivity index (χ0) is 38.3. The van der Waals surface area contributed by atoms with Crippen molar-refractivity contribution in [3.63, 3.8) is 0 Å². The topological polar surface area (TPSA) is 80.9 Å². The molecule has 2 heterocycles. The monoisotopic (exact) mass is 742 g/mol. The van der Waals surface area contributed by atoms with Gasteiger partial charge < -0.3 is 12.5 Å². The number of nitrogens with two attached hydrogens (primary N) is 1. The van der Waals surface area contributed by atoms with Gasteiger partial charge in [-0.05, 0) is 70.2 Å². The Balaban J connectivity index is 0.000000446. The molecule has 0 saturated heterocycles. The first-order chi connectivity index (χ1) is 25.5. The van der Waals surface area contributed by atoms with Crippen LogP contribution in [0.5, 0.6) is 0 Å². The van der Waals surface area contributed by atoms with Crippen molar-refractivity contribution in [2.24, 2.45) is 0 Å². The number of anilines is 2. The van der Waals surface area contributed by atoms with E-state index in [2.05, 4.69) is 145 Å². The number of carbonyl (C=O) groups excluding carboxylic acids is 1. The van der Waals surface area contributed by atoms with Gasteiger partial charge in [-0.15, -0.1) is 0 Å². The van der Waals surface area contributed by atoms with Crippen LogP contribution in [0, 0.1) is 0 Å². The van der Waals surface area contributed by atoms with Gasteiger partial charge in [-0.3, -0.25) is 9.78 Å². The molecule has 6 aromatic rings. The molecule has 4 aromatic carbocycles. The molecular formula is C48H60AlLiN4O. The van der Waals surface area contributed by atoms with Gasteiger partial charge in [0.15, 0.2) is 23.6 Å². The Morgan fingerprint density at radius 3 is 1.38 bits per heavy atom. The predicted molar refractivity (Wildman–Crippen MR) is 237 cm³/mol. The minimum absolute atomic E-state index is 0. The van der Waals surface area contributed by atoms with Crippen molar-refractivity contribution in [2.75, 3.05) is 11.1 Å². The molecule has 0 spiro atoms. The Bertz CT molecular complexity index is 1990. The van der Waals surface area contributed by atoms with Crippen LogP contribution in [-0.4, -0.2) is 33.6 Å². The fraction of sp³-hybridized carbons (Fsp3) is 0.271. The van der Waals surface area contributed by atoms with E-state index >= 15 is 0 Å². The molecule has 0 radical (unpaired) electrons. The van der Waals surface area contributed by atoms with Gasteiger partial charge in [0.2, 0.25) is 0 Å². The second-order valence-corrected chi connectivity index (χ2v) is 14.4. The summed E-state index contributed by atoms with van der Waals surface area (Å²) in [4.78, 5) is 19.6. The quantitative estimate of drug-likeness (QED) is 0.0835. The first-order valence-corrected chi connectivity index (χ1v) is 18.7. The van der Waals surface area contributed by atoms with Crippen molar-refractivity contribution in [3.05, 3.63) is 167 Å². The Morgan fingerprint density at radius 2 is 0.945 bits per heavy atom. The van der Waals surface area contributed by atoms with E-state index < -0.39 is 0 Å². The van der Waals surface area contributed by atoms with Crippen molar-refractivity contribution in [1.82, 2.24) is 9.97 Å². The Labute approximate surface area is 354 Å². The number of aromatic nitrogens is 2. The number of carbonyl (C=O) groups is 1. The minimum atomic E-state index is 0. The van der Waals surface area contributed by atoms with Crippen LogP contribution in [0.15, 0.2) is 133 Å². The second kappa shape index (κ2) is 23.5. The molecule has 55 heavy (non-hydrogen) atoms. The Hall–Kier alpha value is -4.42. The van der Waals surface area contributed by atoms with E-state index in [1.54, 1.807) is 6.07 Å². The molecule has 0 aliphatic rings. The molecule has 0 saturated carbocycles. The molecule has 7 heteroatoms. The number of para-hydroxylation sites is 2. The molecule has 0 atom stereocenters. The maximum absolute atomic E-state index is 10.5. The first kappa shape index (κ1) is 46.7. The summed E-state index contributed by atoms with van der Waals surface area (Å²) in [5, 5.41) is 3.68. The van der Waals surface area contributed by atoms with Gasteiger partial charge in [-0.2, -0.15) is 0 Å². The number of hydrogen-bond acceptors (Lipinski definition) is 5. The summed E-state index contributed by atoms with van der Waals surface area (Å²) < 4.78 is 0. The molecule has 5 nitrogen and oxygen atoms in total. The van der Waals surface area contributed by atoms with Gasteiger partial charge in [-0.25, -0.2) is 4.98 Å². The third-order valence-electron chi connectivity index (χ3n) is 9.07. The van der Waals surface area contributed by atoms with Gasteiger partial charge in [-0.1, -0.05) is 165 Å². The van der Waals surface area contributed by atoms with Gasteiger partial charge in [0.05, 0.1) is 23.6 Å². The number of rotatable bonds is 10. The van der Waals surface area contributed by atoms with E-state index in [1.165, 1.54) is 27.9 Å². The van der Waals surface area contributed by atoms with Crippen LogP contribution in [0.4, 0.5) is 11.4 Å². The summed E-state index contributed by atoms with van der Waals surface area (Å²) in [5.74, 6) is 2.00. The number of pyridine rings is 2. The van der Waals surface area contributed by atoms with Crippen molar-refractivity contribution in [1.29, 1.82) is 0 Å². The van der Waals surface area contributed by atoms with Crippen molar-refractivity contribution < 1.29 is 25.1 Å². The fourth-order valence-electron chi connectivity index (χ4n) is 6.18. The number of nitrogen functional groups attached to an aromatic ring is 1. The zero-order valence-electron chi connectivity index (χ0n) is 34.7. The summed E-state index contributed by atoms with van der Waals surface area (Å²) in [6.07, 6.45) is 0.756. The Kier molecular flexibility index (Phi) is 20.0. The predicted octanol–water partition coefficient (Wildman–Crippen LogP) is 8.62. The van der Waals surface area contributed by atoms with Gasteiger partial charge in [0.25, 0.3) is 0 Å². The van der Waals surface area contributed by atoms with Gasteiger partial charge in [0, 0.05) is 22.5 Å². The zero-order valence-corrected chi connectivity index (χ0v) is 33.7. The summed E-state index contributed by atoms with van der Waals surface area (Å²) >= 11 is 0. The first-order valence-electron chi connectivity index (χ1n) is 18.7. The number of nitrogens with one attached hydrogen (secondary N) is 1. The number of hydrogen-bond donors (Lipinski definition) is 2. The van der Waals surface area contributed by atoms with Crippen LogP contribution in [0.2, 0.25) is 0 Å². The van der Waals surface area contributed by atoms with E-state index in [-0.39, 0.29) is 37.6 Å². The summed E-state index contributed by atoms with van der Waals surface area (Å²) in [6, 6.07) is 44.8. The molecule has 0 amide bonds. The molecule has 0 aliphatic carbocycles. The standard InChI is InChI=1S/C24H28N2.C12H9NO.C12H19N.Al.Li.4H/c1-17(2)21-13-9-14-22(18(3)4)24(21)25-16-20-12-8-15-23(26-20)19-10-6-5-7-11-19;14-9-11-7-4-8-12(13-11)10-5-2-1-3-6-10;1-8(2)10-6-5-7-11(9(3)4)12(10)13;;;;;;/h5-15,17-18,25H,16H2,1-4H3;1-9H;5-9H,13H2,1-4H3;;;;;;/q;;;;+1;;;;-1. The largest absolute Gasteiger partial charge is 1.00 e. The average molecular weight is 743 g/mol. The minimum Gasteiger partial charge on any atom is -1.00 e. The molecule has 6 rings (SSSR count). The smallest absolute Gasteiger partial charge is 1.00 e. The third-order valence-corrected chi connectivity index (χ3v) is 9.07. The average Bonchev–Trinajstić information content (AvgIpc) is 3.18. The number of nitrogens with zero attached hydrogens (tertiary/aromatic N) is 2. The van der Waals surface area contributed by atoms with E-state index in [9.17, 15) is 4.79 Å². The molecule has 2 aromatic heterocycles. The van der Waals surface area contributed by atoms with E-state index in [0.717, 1.165) is 46.7 Å². The Morgan fingerprint density at radius 1 is 0.545 bits per heavy atom. The molecule has 3 N–H and O–H groups in total. The number of aldehydes is 1. The van der Waals surface area contributed by atoms with Gasteiger partial charge >= 0.3 is 18.9 Å². The second-order valence-electron chi connectivity index (χ2n) is 14.4. The van der Waals surface area contributed by atoms with E-state index in [0.29, 0.717) is 29.4 Å². The number of benzene rings is 4. The summed E-state index contributed by atoms with van der Waals surface area (Å²) in [7, 11) is 0. The van der Waals surface area contributed by atoms with Crippen molar-refractivity contribution in [3.8, 4) is 22.5 Å². The molecule has 282 valence electrons. The summed E-state index contributed by atoms with van der Waals surface area (Å²) in [6.45, 7) is 18.4. The molecule has 0 bridgehead atoms. The molecule has 0 unspecified atom stereocenters. The van der Waals surface area contributed by atoms with Crippen molar-refractivity contribution >= 4 is 35.0 Å². The maximum Gasteiger partial charge on any atom is 1.00 e. The van der Waals surface area contributed by atoms with E-state index in [1.807, 2.05) is 48.5 Å². The SMILES string of the molecule is CC(C)c1cccc(C(C)C)c1N.CC(C)c1cccc(C(C)C)c1NCc1cccc(-c2ccccc2)n1.O=Cc1cccc(-c2ccccc2)n1.[AlH3].[H-].[Li+]. The van der Waals surface area contributed by atoms with Crippen LogP contribution >= 0.6 is 0 Å². The molecular weight excluding hydrogens is 682 g/mol. The molecule has 0 fully saturated rings. The van der Waals surface area contributed by atoms with Crippen LogP contribution in [-0.2, 0) is 6.54 Å². The van der Waals surface area contributed by atoms with Crippen LogP contribution in [0.1, 0.15) is 119 Å². The maximum atomic E-state index is 10.5. The van der Waals surface area contributed by atoms with Gasteiger partial charge in [0.1, 0.15) is 5.69 Å². The van der Waals surface area contributed by atoms with Crippen LogP contribution in [0.3, 0.4) is 0 Å². The van der Waals surface area contributed by atoms with Crippen molar-refractivity contribution in [2.45, 2.75) is 85.6 Å². The summed E-state index contributed by atoms with van der Waals surface area (Å²) in [5.41, 5.74) is 19.2. The third kappa shape index (κ3) is 13.7. The van der Waals surface area contributed by atoms with E-state index in [4.69, 9.17) is 10.7 Å². The fourth-order valence-corrected chi connectivity index (χ4v) is 6.18. The normalized spacial score (nSPS) is 10.4. The van der Waals surface area contributed by atoms with Crippen LogP contribution < -0.4 is 29.9 Å². The molecule has 0 aliphatic heterocycles. The van der Waals surface area contributed by atoms with Crippen LogP contribution in [0.25, 0.3) is 22.5 Å².